The van der Waals surface area contributed by atoms with Gasteiger partial charge in [0.25, 0.3) is 0 Å². The van der Waals surface area contributed by atoms with Crippen molar-refractivity contribution in [1.29, 1.82) is 0 Å². The van der Waals surface area contributed by atoms with Crippen LogP contribution in [-0.4, -0.2) is 0 Å². The van der Waals surface area contributed by atoms with E-state index in [1.54, 1.807) is 0 Å². The molecule has 57 heavy (non-hydrogen) atoms. The topological polar surface area (TPSA) is 3.24 Å². The number of benzene rings is 10. The molecule has 1 nitrogen and oxygen atoms in total. The molecule has 0 amide bonds. The summed E-state index contributed by atoms with van der Waals surface area (Å²) in [6, 6.07) is 85.7. The van der Waals surface area contributed by atoms with Crippen molar-refractivity contribution in [2.24, 2.45) is 0 Å². The average molecular weight is 726 g/mol. The maximum atomic E-state index is 2.43. The summed E-state index contributed by atoms with van der Waals surface area (Å²) in [5.74, 6) is 0. The molecule has 0 unspecified atom stereocenters. The van der Waals surface area contributed by atoms with Crippen LogP contribution in [0.4, 0.5) is 17.1 Å². The van der Waals surface area contributed by atoms with E-state index >= 15 is 0 Å². The first kappa shape index (κ1) is 34.0. The second-order valence-corrected chi connectivity index (χ2v) is 14.5. The molecule has 10 rings (SSSR count). The first-order valence-electron chi connectivity index (χ1n) is 19.6. The monoisotopic (exact) mass is 725 g/mol. The minimum atomic E-state index is 1.09. The average Bonchev–Trinajstić information content (AvgIpc) is 3.30. The second-order valence-electron chi connectivity index (χ2n) is 14.5. The molecule has 0 aliphatic carbocycles. The Bertz CT molecular complexity index is 2980. The van der Waals surface area contributed by atoms with Gasteiger partial charge in [-0.15, -0.1) is 0 Å². The molecule has 0 spiro atoms. The van der Waals surface area contributed by atoms with Gasteiger partial charge in [0.2, 0.25) is 0 Å². The zero-order valence-electron chi connectivity index (χ0n) is 31.5. The Kier molecular flexibility index (Phi) is 8.95. The van der Waals surface area contributed by atoms with Crippen LogP contribution in [0.3, 0.4) is 0 Å². The van der Waals surface area contributed by atoms with E-state index < -0.39 is 0 Å². The quantitative estimate of drug-likeness (QED) is 0.151. The van der Waals surface area contributed by atoms with Crippen molar-refractivity contribution in [1.82, 2.24) is 0 Å². The van der Waals surface area contributed by atoms with E-state index in [9.17, 15) is 0 Å². The van der Waals surface area contributed by atoms with Crippen molar-refractivity contribution >= 4 is 38.6 Å². The highest BCUT2D eigenvalue weighted by Crippen LogP contribution is 2.45. The van der Waals surface area contributed by atoms with Gasteiger partial charge >= 0.3 is 0 Å². The molecule has 0 atom stereocenters. The number of nitrogens with zero attached hydrogens (tertiary/aromatic N) is 1. The molecule has 0 N–H and O–H groups in total. The Hall–Kier alpha value is -7.48. The first-order chi connectivity index (χ1) is 28.3. The molecule has 0 bridgehead atoms. The normalized spacial score (nSPS) is 11.2. The van der Waals surface area contributed by atoms with Crippen molar-refractivity contribution in [3.05, 3.63) is 237 Å². The maximum absolute atomic E-state index is 2.43. The molecule has 268 valence electrons. The van der Waals surface area contributed by atoms with E-state index in [0.29, 0.717) is 0 Å². The molecule has 1 heteroatoms. The fourth-order valence-corrected chi connectivity index (χ4v) is 8.19. The van der Waals surface area contributed by atoms with E-state index in [1.807, 2.05) is 0 Å². The highest BCUT2D eigenvalue weighted by molar-refractivity contribution is 6.02. The Morgan fingerprint density at radius 2 is 0.737 bits per heavy atom. The van der Waals surface area contributed by atoms with Crippen molar-refractivity contribution in [2.75, 3.05) is 4.90 Å². The van der Waals surface area contributed by atoms with Crippen LogP contribution >= 0.6 is 0 Å². The number of hydrogen-bond acceptors (Lipinski definition) is 1. The molecule has 0 aliphatic heterocycles. The molecule has 0 aliphatic rings. The third-order valence-corrected chi connectivity index (χ3v) is 11.1. The summed E-state index contributed by atoms with van der Waals surface area (Å²) in [4.78, 5) is 2.43. The van der Waals surface area contributed by atoms with Crippen LogP contribution in [0.15, 0.2) is 237 Å². The summed E-state index contributed by atoms with van der Waals surface area (Å²) < 4.78 is 0. The molecular formula is C56H39N. The van der Waals surface area contributed by atoms with Crippen LogP contribution in [0.25, 0.3) is 77.2 Å². The van der Waals surface area contributed by atoms with Crippen LogP contribution in [0.2, 0.25) is 0 Å². The fraction of sp³-hybridized carbons (Fsp3) is 0. The lowest BCUT2D eigenvalue weighted by Crippen LogP contribution is -2.12. The lowest BCUT2D eigenvalue weighted by Gasteiger charge is -2.29. The zero-order valence-corrected chi connectivity index (χ0v) is 31.5. The molecule has 0 saturated carbocycles. The zero-order chi connectivity index (χ0) is 38.0. The van der Waals surface area contributed by atoms with E-state index in [-0.39, 0.29) is 0 Å². The smallest absolute Gasteiger partial charge is 0.0540 e. The summed E-state index contributed by atoms with van der Waals surface area (Å²) in [7, 11) is 0. The molecule has 0 heterocycles. The van der Waals surface area contributed by atoms with Gasteiger partial charge in [0.15, 0.2) is 0 Å². The van der Waals surface area contributed by atoms with Gasteiger partial charge in [-0.1, -0.05) is 194 Å². The molecule has 0 saturated heterocycles. The molecule has 0 aromatic heterocycles. The Labute approximate surface area is 334 Å². The first-order valence-corrected chi connectivity index (χ1v) is 19.6. The number of hydrogen-bond donors (Lipinski definition) is 0. The third-order valence-electron chi connectivity index (χ3n) is 11.1. The maximum Gasteiger partial charge on any atom is 0.0540 e. The summed E-state index contributed by atoms with van der Waals surface area (Å²) in [5, 5.41) is 4.89. The standard InChI is InChI=1S/C56H39N/c1-4-15-40(16-5-1)48-32-36-56(54(39-48)45-20-8-3-9-21-45)57(55-26-14-24-44-22-12-13-25-52(44)55)50-33-29-42(30-34-50)47-31-35-51(43-18-6-2-7-19-43)53(38-47)49-28-27-41-17-10-11-23-46(41)37-49/h1-39H. The van der Waals surface area contributed by atoms with E-state index in [1.165, 1.54) is 77.2 Å². The third kappa shape index (κ3) is 6.66. The Morgan fingerprint density at radius 1 is 0.228 bits per heavy atom. The minimum absolute atomic E-state index is 1.09. The largest absolute Gasteiger partial charge is 0.309 e. The van der Waals surface area contributed by atoms with Gasteiger partial charge in [-0.25, -0.2) is 0 Å². The van der Waals surface area contributed by atoms with Crippen molar-refractivity contribution < 1.29 is 0 Å². The van der Waals surface area contributed by atoms with Gasteiger partial charge in [0.05, 0.1) is 11.4 Å². The predicted octanol–water partition coefficient (Wildman–Crippen LogP) is 15.8. The number of anilines is 3. The summed E-state index contributed by atoms with van der Waals surface area (Å²) in [6.45, 7) is 0. The van der Waals surface area contributed by atoms with Crippen LogP contribution in [0, 0.1) is 0 Å². The number of fused-ring (bicyclic) bond motifs is 2. The highest BCUT2D eigenvalue weighted by Gasteiger charge is 2.20. The summed E-state index contributed by atoms with van der Waals surface area (Å²) in [5.41, 5.74) is 15.3. The van der Waals surface area contributed by atoms with Crippen LogP contribution in [0.5, 0.6) is 0 Å². The Morgan fingerprint density at radius 3 is 1.46 bits per heavy atom. The van der Waals surface area contributed by atoms with Crippen LogP contribution < -0.4 is 4.90 Å². The lowest BCUT2D eigenvalue weighted by atomic mass is 9.90. The molecule has 0 fully saturated rings. The molecular weight excluding hydrogens is 687 g/mol. The van der Waals surface area contributed by atoms with E-state index in [0.717, 1.165) is 17.1 Å². The van der Waals surface area contributed by atoms with Crippen LogP contribution in [-0.2, 0) is 0 Å². The summed E-state index contributed by atoms with van der Waals surface area (Å²) in [6.07, 6.45) is 0. The molecule has 10 aromatic rings. The van der Waals surface area contributed by atoms with Gasteiger partial charge in [0.1, 0.15) is 0 Å². The highest BCUT2D eigenvalue weighted by atomic mass is 15.1. The van der Waals surface area contributed by atoms with E-state index in [4.69, 9.17) is 0 Å². The van der Waals surface area contributed by atoms with Crippen molar-refractivity contribution in [2.45, 2.75) is 0 Å². The molecule has 0 radical (unpaired) electrons. The lowest BCUT2D eigenvalue weighted by molar-refractivity contribution is 1.30. The van der Waals surface area contributed by atoms with Gasteiger partial charge in [-0.05, 0) is 109 Å². The fourth-order valence-electron chi connectivity index (χ4n) is 8.19. The van der Waals surface area contributed by atoms with Gasteiger partial charge in [-0.3, -0.25) is 0 Å². The van der Waals surface area contributed by atoms with Crippen LogP contribution in [0.1, 0.15) is 0 Å². The van der Waals surface area contributed by atoms with Crippen molar-refractivity contribution in [3.8, 4) is 55.6 Å². The van der Waals surface area contributed by atoms with Crippen molar-refractivity contribution in [3.63, 3.8) is 0 Å². The summed E-state index contributed by atoms with van der Waals surface area (Å²) >= 11 is 0. The SMILES string of the molecule is c1ccc(-c2ccc(N(c3ccc(-c4ccc(-c5ccccc5)c(-c5ccc6ccccc6c5)c4)cc3)c3cccc4ccccc34)c(-c3ccccc3)c2)cc1. The van der Waals surface area contributed by atoms with Gasteiger partial charge in [0, 0.05) is 16.6 Å². The second kappa shape index (κ2) is 15.0. The number of rotatable bonds is 8. The van der Waals surface area contributed by atoms with Gasteiger partial charge in [-0.2, -0.15) is 0 Å². The molecule has 10 aromatic carbocycles. The Balaban J connectivity index is 1.12. The predicted molar refractivity (Wildman–Crippen MR) is 243 cm³/mol. The van der Waals surface area contributed by atoms with Gasteiger partial charge < -0.3 is 4.90 Å². The van der Waals surface area contributed by atoms with E-state index in [2.05, 4.69) is 241 Å². The minimum Gasteiger partial charge on any atom is -0.309 e.